The van der Waals surface area contributed by atoms with Crippen LogP contribution < -0.4 is 21.3 Å². The Hall–Kier alpha value is -5.78. The largest absolute Gasteiger partial charge is 0.480 e. The molecule has 4 rings (SSSR count). The molecule has 2 heterocycles. The Labute approximate surface area is 341 Å². The fourth-order valence-corrected chi connectivity index (χ4v) is 6.19. The standard InChI is InChI=1S/C40H48F2N6O7.C2H6O2/c1-23(2)35(46-32(49)22-48-33(50)14-15-34(48)51)38(53)44-24(3)37(52)45-30(39(54)55)16-17-43-36(40(4,5)6)31-18-26(28-19-27(41)12-13-29(28)42)21-47(31)20-25-10-8-7-9-11-25;3-1-2-4/h7-15,18-19,21,23-24,30,35-36,43H,16-17,20,22H2,1-6H3,(H,44,53)(H,45,52)(H,46,49)(H,54,55);3-4H,1-2H2/t24-,30-,35-,36-;/m0./s1. The van der Waals surface area contributed by atoms with Gasteiger partial charge in [0.15, 0.2) is 0 Å². The molecule has 5 amide bonds. The smallest absolute Gasteiger partial charge is 0.326 e. The fourth-order valence-electron chi connectivity index (χ4n) is 6.19. The maximum Gasteiger partial charge on any atom is 0.326 e. The van der Waals surface area contributed by atoms with Gasteiger partial charge in [0, 0.05) is 41.7 Å². The van der Waals surface area contributed by atoms with Gasteiger partial charge in [-0.25, -0.2) is 13.6 Å². The van der Waals surface area contributed by atoms with Crippen molar-refractivity contribution in [1.82, 2.24) is 30.7 Å². The molecule has 3 aromatic rings. The highest BCUT2D eigenvalue weighted by Gasteiger charge is 2.33. The lowest BCUT2D eigenvalue weighted by molar-refractivity contribution is -0.142. The second kappa shape index (κ2) is 21.8. The van der Waals surface area contributed by atoms with E-state index < -0.39 is 89.2 Å². The predicted octanol–water partition coefficient (Wildman–Crippen LogP) is 2.66. The molecule has 1 aliphatic heterocycles. The number of carboxylic acid groups (broad SMARTS) is 1. The summed E-state index contributed by atoms with van der Waals surface area (Å²) in [5.74, 6) is -6.47. The lowest BCUT2D eigenvalue weighted by Crippen LogP contribution is -2.57. The minimum atomic E-state index is -1.35. The minimum absolute atomic E-state index is 0.0490. The Morgan fingerprint density at radius 2 is 1.46 bits per heavy atom. The molecule has 0 aliphatic carbocycles. The molecule has 15 nitrogen and oxygen atoms in total. The van der Waals surface area contributed by atoms with Crippen LogP contribution in [0.25, 0.3) is 11.1 Å². The normalized spacial score (nSPS) is 14.6. The summed E-state index contributed by atoms with van der Waals surface area (Å²) in [7, 11) is 0. The Bertz CT molecular complexity index is 1960. The summed E-state index contributed by atoms with van der Waals surface area (Å²) < 4.78 is 31.1. The summed E-state index contributed by atoms with van der Waals surface area (Å²) >= 11 is 0. The predicted molar refractivity (Wildman–Crippen MR) is 214 cm³/mol. The number of carbonyl (C=O) groups is 6. The van der Waals surface area contributed by atoms with Crippen LogP contribution in [0.2, 0.25) is 0 Å². The van der Waals surface area contributed by atoms with Crippen LogP contribution in [0.15, 0.2) is 72.9 Å². The summed E-state index contributed by atoms with van der Waals surface area (Å²) in [6, 6.07) is 10.6. The van der Waals surface area contributed by atoms with E-state index in [0.29, 0.717) is 12.1 Å². The van der Waals surface area contributed by atoms with E-state index in [4.69, 9.17) is 10.2 Å². The molecular weight excluding hydrogens is 770 g/mol. The van der Waals surface area contributed by atoms with Crippen molar-refractivity contribution >= 4 is 35.5 Å². The number of carbonyl (C=O) groups excluding carboxylic acids is 5. The van der Waals surface area contributed by atoms with E-state index in [-0.39, 0.29) is 31.7 Å². The van der Waals surface area contributed by atoms with Crippen LogP contribution in [-0.4, -0.2) is 105 Å². The number of carboxylic acids is 1. The topological polar surface area (TPSA) is 219 Å². The van der Waals surface area contributed by atoms with Crippen LogP contribution in [0.5, 0.6) is 0 Å². The van der Waals surface area contributed by atoms with E-state index in [1.54, 1.807) is 26.1 Å². The number of hydrogen-bond acceptors (Lipinski definition) is 9. The molecule has 0 spiro atoms. The second-order valence-electron chi connectivity index (χ2n) is 15.4. The first kappa shape index (κ1) is 47.6. The maximum atomic E-state index is 14.9. The van der Waals surface area contributed by atoms with E-state index in [1.165, 1.54) is 6.92 Å². The first-order chi connectivity index (χ1) is 27.8. The van der Waals surface area contributed by atoms with Gasteiger partial charge in [-0.2, -0.15) is 0 Å². The summed E-state index contributed by atoms with van der Waals surface area (Å²) in [5.41, 5.74) is 1.85. The number of amides is 5. The number of nitrogens with one attached hydrogen (secondary N) is 4. The van der Waals surface area contributed by atoms with Gasteiger partial charge in [0.2, 0.25) is 17.7 Å². The molecular formula is C42H54F2N6O9. The van der Waals surface area contributed by atoms with Crippen LogP contribution >= 0.6 is 0 Å². The van der Waals surface area contributed by atoms with Gasteiger partial charge in [-0.3, -0.25) is 28.9 Å². The zero-order valence-corrected chi connectivity index (χ0v) is 34.0. The van der Waals surface area contributed by atoms with E-state index in [0.717, 1.165) is 46.5 Å². The average molecular weight is 825 g/mol. The lowest BCUT2D eigenvalue weighted by atomic mass is 9.84. The molecule has 0 saturated carbocycles. The number of halogens is 2. The molecule has 17 heteroatoms. The van der Waals surface area contributed by atoms with Crippen LogP contribution in [-0.2, 0) is 35.3 Å². The highest BCUT2D eigenvalue weighted by Crippen LogP contribution is 2.37. The quantitative estimate of drug-likeness (QED) is 0.0931. The van der Waals surface area contributed by atoms with Gasteiger partial charge >= 0.3 is 5.97 Å². The first-order valence-corrected chi connectivity index (χ1v) is 19.1. The number of imide groups is 1. The molecule has 4 atom stereocenters. The van der Waals surface area contributed by atoms with E-state index in [1.807, 2.05) is 55.7 Å². The third-order valence-electron chi connectivity index (χ3n) is 9.24. The number of benzene rings is 2. The van der Waals surface area contributed by atoms with Crippen LogP contribution in [0.4, 0.5) is 8.78 Å². The Morgan fingerprint density at radius 1 is 0.831 bits per heavy atom. The third-order valence-corrected chi connectivity index (χ3v) is 9.24. The van der Waals surface area contributed by atoms with Crippen molar-refractivity contribution in [2.45, 2.75) is 78.7 Å². The van der Waals surface area contributed by atoms with Crippen molar-refractivity contribution in [3.05, 3.63) is 95.8 Å². The highest BCUT2D eigenvalue weighted by molar-refractivity contribution is 6.14. The fraction of sp³-hybridized carbons (Fsp3) is 0.429. The molecule has 0 fully saturated rings. The summed E-state index contributed by atoms with van der Waals surface area (Å²) in [6.45, 7) is 10.4. The van der Waals surface area contributed by atoms with Crippen molar-refractivity contribution in [3.63, 3.8) is 0 Å². The van der Waals surface area contributed by atoms with Gasteiger partial charge in [0.05, 0.1) is 19.3 Å². The molecule has 0 saturated heterocycles. The van der Waals surface area contributed by atoms with Gasteiger partial charge in [-0.15, -0.1) is 0 Å². The Kier molecular flexibility index (Phi) is 17.6. The third kappa shape index (κ3) is 13.9. The number of aromatic nitrogens is 1. The molecule has 320 valence electrons. The van der Waals surface area contributed by atoms with Gasteiger partial charge in [0.25, 0.3) is 11.8 Å². The summed E-state index contributed by atoms with van der Waals surface area (Å²) in [5, 5.41) is 36.2. The number of aliphatic hydroxyl groups excluding tert-OH is 2. The van der Waals surface area contributed by atoms with Gasteiger partial charge < -0.3 is 41.2 Å². The lowest BCUT2D eigenvalue weighted by Gasteiger charge is -2.33. The van der Waals surface area contributed by atoms with Crippen LogP contribution in [0.1, 0.15) is 65.3 Å². The number of aliphatic carboxylic acids is 1. The molecule has 59 heavy (non-hydrogen) atoms. The molecule has 7 N–H and O–H groups in total. The zero-order chi connectivity index (χ0) is 44.0. The number of rotatable bonds is 18. The van der Waals surface area contributed by atoms with Gasteiger partial charge in [0.1, 0.15) is 36.3 Å². The van der Waals surface area contributed by atoms with Crippen molar-refractivity contribution < 1.29 is 52.9 Å². The van der Waals surface area contributed by atoms with Crippen molar-refractivity contribution in [3.8, 4) is 11.1 Å². The summed E-state index contributed by atoms with van der Waals surface area (Å²) in [4.78, 5) is 75.6. The summed E-state index contributed by atoms with van der Waals surface area (Å²) in [6.07, 6.45) is 3.78. The second-order valence-corrected chi connectivity index (χ2v) is 15.4. The minimum Gasteiger partial charge on any atom is -0.480 e. The highest BCUT2D eigenvalue weighted by atomic mass is 19.1. The van der Waals surface area contributed by atoms with Crippen LogP contribution in [0.3, 0.4) is 0 Å². The van der Waals surface area contributed by atoms with Crippen LogP contribution in [0, 0.1) is 23.0 Å². The molecule has 0 bridgehead atoms. The number of hydrogen-bond donors (Lipinski definition) is 7. The SMILES string of the molecule is CC(C)[C@H](NC(=O)CN1C(=O)C=CC1=O)C(=O)N[C@@H](C)C(=O)N[C@@H](CCN[C@@H](c1cc(-c2cc(F)ccc2F)cn1Cc1ccccc1)C(C)(C)C)C(=O)O.OCCO. The van der Waals surface area contributed by atoms with Crippen molar-refractivity contribution in [1.29, 1.82) is 0 Å². The number of aliphatic hydroxyl groups is 2. The van der Waals surface area contributed by atoms with E-state index in [9.17, 15) is 42.7 Å². The van der Waals surface area contributed by atoms with E-state index >= 15 is 0 Å². The van der Waals surface area contributed by atoms with Gasteiger partial charge in [-0.1, -0.05) is 65.0 Å². The first-order valence-electron chi connectivity index (χ1n) is 19.1. The average Bonchev–Trinajstić information content (AvgIpc) is 3.73. The molecule has 1 aromatic heterocycles. The molecule has 2 aromatic carbocycles. The van der Waals surface area contributed by atoms with E-state index in [2.05, 4.69) is 21.3 Å². The van der Waals surface area contributed by atoms with Crippen molar-refractivity contribution in [2.75, 3.05) is 26.3 Å². The number of nitrogens with zero attached hydrogens (tertiary/aromatic N) is 2. The maximum absolute atomic E-state index is 14.9. The Balaban J connectivity index is 0.00000222. The molecule has 0 radical (unpaired) electrons. The van der Waals surface area contributed by atoms with Crippen molar-refractivity contribution in [2.24, 2.45) is 11.3 Å². The van der Waals surface area contributed by atoms with Gasteiger partial charge in [-0.05, 0) is 61.1 Å². The zero-order valence-electron chi connectivity index (χ0n) is 34.0. The molecule has 1 aliphatic rings. The Morgan fingerprint density at radius 3 is 2.02 bits per heavy atom. The molecule has 0 unspecified atom stereocenters. The monoisotopic (exact) mass is 824 g/mol.